The number of amides is 1. The Morgan fingerprint density at radius 3 is 2.60 bits per heavy atom. The van der Waals surface area contributed by atoms with Gasteiger partial charge in [-0.25, -0.2) is 0 Å². The van der Waals surface area contributed by atoms with Crippen LogP contribution in [0.3, 0.4) is 0 Å². The van der Waals surface area contributed by atoms with E-state index in [9.17, 15) is 14.9 Å². The third-order valence-electron chi connectivity index (χ3n) is 2.78. The minimum atomic E-state index is -0.566. The molecular weight excluding hydrogens is 324 g/mol. The van der Waals surface area contributed by atoms with Crippen LogP contribution in [0.25, 0.3) is 0 Å². The van der Waals surface area contributed by atoms with E-state index >= 15 is 0 Å². The lowest BCUT2D eigenvalue weighted by atomic mass is 10.1. The second-order valence-electron chi connectivity index (χ2n) is 4.19. The number of para-hydroxylation sites is 1. The minimum absolute atomic E-state index is 0.0415. The van der Waals surface area contributed by atoms with Gasteiger partial charge in [-0.3, -0.25) is 14.9 Å². The molecule has 6 heteroatoms. The number of hydrogen-bond acceptors (Lipinski definition) is 3. The molecule has 0 saturated carbocycles. The van der Waals surface area contributed by atoms with Gasteiger partial charge >= 0.3 is 0 Å². The number of rotatable bonds is 3. The molecule has 2 aromatic rings. The monoisotopic (exact) mass is 334 g/mol. The number of halogens is 1. The number of hydrogen-bond donors (Lipinski definition) is 1. The summed E-state index contributed by atoms with van der Waals surface area (Å²) in [6.07, 6.45) is 0. The molecule has 0 radical (unpaired) electrons. The first-order valence-corrected chi connectivity index (χ1v) is 6.59. The first kappa shape index (κ1) is 14.2. The van der Waals surface area contributed by atoms with Crippen LogP contribution in [0.4, 0.5) is 11.4 Å². The molecule has 0 bridgehead atoms. The van der Waals surface area contributed by atoms with Crippen LogP contribution < -0.4 is 5.32 Å². The van der Waals surface area contributed by atoms with Crippen LogP contribution in [0.5, 0.6) is 0 Å². The van der Waals surface area contributed by atoms with Gasteiger partial charge in [0, 0.05) is 16.2 Å². The summed E-state index contributed by atoms with van der Waals surface area (Å²) in [7, 11) is 0. The van der Waals surface area contributed by atoms with Crippen LogP contribution in [0, 0.1) is 17.0 Å². The van der Waals surface area contributed by atoms with Crippen molar-refractivity contribution in [2.24, 2.45) is 0 Å². The summed E-state index contributed by atoms with van der Waals surface area (Å²) in [5.41, 5.74) is 1.32. The molecule has 0 spiro atoms. The number of carbonyl (C=O) groups excluding carboxylic acids is 1. The van der Waals surface area contributed by atoms with Gasteiger partial charge in [0.1, 0.15) is 5.56 Å². The highest BCUT2D eigenvalue weighted by Crippen LogP contribution is 2.23. The summed E-state index contributed by atoms with van der Waals surface area (Å²) in [5.74, 6) is -0.497. The zero-order chi connectivity index (χ0) is 14.7. The Kier molecular flexibility index (Phi) is 4.14. The van der Waals surface area contributed by atoms with Crippen molar-refractivity contribution in [3.05, 3.63) is 68.2 Å². The third kappa shape index (κ3) is 3.03. The van der Waals surface area contributed by atoms with E-state index < -0.39 is 10.8 Å². The molecule has 20 heavy (non-hydrogen) atoms. The fourth-order valence-electron chi connectivity index (χ4n) is 1.78. The van der Waals surface area contributed by atoms with Gasteiger partial charge in [0.25, 0.3) is 11.6 Å². The second kappa shape index (κ2) is 5.83. The largest absolute Gasteiger partial charge is 0.322 e. The molecule has 0 saturated heterocycles. The highest BCUT2D eigenvalue weighted by molar-refractivity contribution is 9.10. The van der Waals surface area contributed by atoms with Crippen LogP contribution in [-0.4, -0.2) is 10.8 Å². The van der Waals surface area contributed by atoms with Gasteiger partial charge in [0.2, 0.25) is 0 Å². The van der Waals surface area contributed by atoms with Crippen molar-refractivity contribution < 1.29 is 9.72 Å². The first-order chi connectivity index (χ1) is 9.49. The Bertz CT molecular complexity index is 686. The number of nitrogens with zero attached hydrogens (tertiary/aromatic N) is 1. The number of benzene rings is 2. The summed E-state index contributed by atoms with van der Waals surface area (Å²) < 4.78 is 0.902. The highest BCUT2D eigenvalue weighted by atomic mass is 79.9. The average molecular weight is 335 g/mol. The van der Waals surface area contributed by atoms with Crippen LogP contribution in [0.1, 0.15) is 15.9 Å². The lowest BCUT2D eigenvalue weighted by Crippen LogP contribution is -2.14. The van der Waals surface area contributed by atoms with Crippen LogP contribution in [0.2, 0.25) is 0 Å². The predicted molar refractivity (Wildman–Crippen MR) is 79.9 cm³/mol. The molecule has 0 unspecified atom stereocenters. The number of nitro benzene ring substituents is 1. The number of anilines is 1. The van der Waals surface area contributed by atoms with Crippen molar-refractivity contribution in [1.82, 2.24) is 0 Å². The highest BCUT2D eigenvalue weighted by Gasteiger charge is 2.19. The summed E-state index contributed by atoms with van der Waals surface area (Å²) in [6, 6.07) is 11.3. The van der Waals surface area contributed by atoms with Gasteiger partial charge in [-0.2, -0.15) is 0 Å². The van der Waals surface area contributed by atoms with Gasteiger partial charge in [-0.1, -0.05) is 28.1 Å². The van der Waals surface area contributed by atoms with Gasteiger partial charge in [-0.05, 0) is 36.8 Å². The molecule has 0 atom stereocenters. The Morgan fingerprint density at radius 2 is 1.95 bits per heavy atom. The van der Waals surface area contributed by atoms with E-state index in [1.165, 1.54) is 18.2 Å². The maximum Gasteiger partial charge on any atom is 0.282 e. The summed E-state index contributed by atoms with van der Waals surface area (Å²) in [5, 5.41) is 13.6. The van der Waals surface area contributed by atoms with E-state index in [1.807, 2.05) is 13.0 Å². The fourth-order valence-corrected chi connectivity index (χ4v) is 2.26. The Morgan fingerprint density at radius 1 is 1.25 bits per heavy atom. The Hall–Kier alpha value is -2.21. The van der Waals surface area contributed by atoms with Crippen molar-refractivity contribution in [1.29, 1.82) is 0 Å². The molecule has 0 aliphatic rings. The van der Waals surface area contributed by atoms with E-state index in [0.717, 1.165) is 10.0 Å². The molecule has 1 amide bonds. The van der Waals surface area contributed by atoms with Crippen molar-refractivity contribution >= 4 is 33.2 Å². The molecular formula is C14H11BrN2O3. The van der Waals surface area contributed by atoms with E-state index in [1.54, 1.807) is 18.2 Å². The molecule has 0 aliphatic heterocycles. The Balaban J connectivity index is 2.31. The second-order valence-corrected chi connectivity index (χ2v) is 5.10. The molecule has 0 fully saturated rings. The summed E-state index contributed by atoms with van der Waals surface area (Å²) >= 11 is 3.34. The number of carbonyl (C=O) groups is 1. The zero-order valence-corrected chi connectivity index (χ0v) is 12.2. The molecule has 5 nitrogen and oxygen atoms in total. The lowest BCUT2D eigenvalue weighted by Gasteiger charge is -2.09. The van der Waals surface area contributed by atoms with Gasteiger partial charge in [-0.15, -0.1) is 0 Å². The quantitative estimate of drug-likeness (QED) is 0.683. The zero-order valence-electron chi connectivity index (χ0n) is 10.6. The predicted octanol–water partition coefficient (Wildman–Crippen LogP) is 3.92. The maximum atomic E-state index is 12.1. The van der Waals surface area contributed by atoms with Crippen LogP contribution >= 0.6 is 15.9 Å². The standard InChI is InChI=1S/C14H11BrN2O3/c1-9-8-10(15)6-7-12(9)16-14(18)11-4-2-3-5-13(11)17(19)20/h2-8H,1H3,(H,16,18). The average Bonchev–Trinajstić information content (AvgIpc) is 2.41. The molecule has 0 heterocycles. The summed E-state index contributed by atoms with van der Waals surface area (Å²) in [4.78, 5) is 22.5. The smallest absolute Gasteiger partial charge is 0.282 e. The topological polar surface area (TPSA) is 72.2 Å². The van der Waals surface area contributed by atoms with Gasteiger partial charge < -0.3 is 5.32 Å². The maximum absolute atomic E-state index is 12.1. The molecule has 0 aromatic heterocycles. The van der Waals surface area contributed by atoms with E-state index in [-0.39, 0.29) is 11.3 Å². The number of nitro groups is 1. The van der Waals surface area contributed by atoms with Gasteiger partial charge in [0.15, 0.2) is 0 Å². The molecule has 2 aromatic carbocycles. The number of aryl methyl sites for hydroxylation is 1. The van der Waals surface area contributed by atoms with Crippen molar-refractivity contribution in [2.45, 2.75) is 6.92 Å². The van der Waals surface area contributed by atoms with Crippen molar-refractivity contribution in [3.63, 3.8) is 0 Å². The van der Waals surface area contributed by atoms with E-state index in [4.69, 9.17) is 0 Å². The van der Waals surface area contributed by atoms with Crippen LogP contribution in [-0.2, 0) is 0 Å². The normalized spacial score (nSPS) is 10.1. The minimum Gasteiger partial charge on any atom is -0.322 e. The van der Waals surface area contributed by atoms with Crippen LogP contribution in [0.15, 0.2) is 46.9 Å². The molecule has 1 N–H and O–H groups in total. The third-order valence-corrected chi connectivity index (χ3v) is 3.28. The van der Waals surface area contributed by atoms with Gasteiger partial charge in [0.05, 0.1) is 4.92 Å². The summed E-state index contributed by atoms with van der Waals surface area (Å²) in [6.45, 7) is 1.85. The van der Waals surface area contributed by atoms with Crippen molar-refractivity contribution in [2.75, 3.05) is 5.32 Å². The van der Waals surface area contributed by atoms with E-state index in [0.29, 0.717) is 5.69 Å². The number of nitrogens with one attached hydrogen (secondary N) is 1. The SMILES string of the molecule is Cc1cc(Br)ccc1NC(=O)c1ccccc1[N+](=O)[O-]. The molecule has 0 aliphatic carbocycles. The molecule has 2 rings (SSSR count). The first-order valence-electron chi connectivity index (χ1n) is 5.80. The van der Waals surface area contributed by atoms with E-state index in [2.05, 4.69) is 21.2 Å². The Labute approximate surface area is 123 Å². The fraction of sp³-hybridized carbons (Fsp3) is 0.0714. The lowest BCUT2D eigenvalue weighted by molar-refractivity contribution is -0.385. The molecule has 102 valence electrons. The van der Waals surface area contributed by atoms with Crippen molar-refractivity contribution in [3.8, 4) is 0 Å².